The third-order valence-corrected chi connectivity index (χ3v) is 3.21. The number of anilines is 2. The Kier molecular flexibility index (Phi) is 3.78. The Labute approximate surface area is 102 Å². The van der Waals surface area contributed by atoms with E-state index in [0.717, 1.165) is 37.6 Å². The van der Waals surface area contributed by atoms with Gasteiger partial charge in [0.1, 0.15) is 18.0 Å². The summed E-state index contributed by atoms with van der Waals surface area (Å²) in [5, 5.41) is 3.36. The standard InChI is InChI=1S/C12H21N5/c1-3-9(2)16-11-6-12(15-8-14-11)17-5-4-10(13)7-17/h6,8-10H,3-5,7,13H2,1-2H3,(H,14,15,16). The molecule has 2 heterocycles. The van der Waals surface area contributed by atoms with E-state index in [0.29, 0.717) is 6.04 Å². The van der Waals surface area contributed by atoms with Gasteiger partial charge in [0.25, 0.3) is 0 Å². The van der Waals surface area contributed by atoms with E-state index < -0.39 is 0 Å². The third kappa shape index (κ3) is 3.06. The topological polar surface area (TPSA) is 67.1 Å². The van der Waals surface area contributed by atoms with E-state index in [9.17, 15) is 0 Å². The summed E-state index contributed by atoms with van der Waals surface area (Å²) in [5.41, 5.74) is 5.90. The molecule has 3 N–H and O–H groups in total. The second-order valence-corrected chi connectivity index (χ2v) is 4.71. The van der Waals surface area contributed by atoms with Crippen LogP contribution in [0.2, 0.25) is 0 Å². The predicted molar refractivity (Wildman–Crippen MR) is 70.2 cm³/mol. The first-order valence-electron chi connectivity index (χ1n) is 6.28. The second kappa shape index (κ2) is 5.31. The highest BCUT2D eigenvalue weighted by molar-refractivity contribution is 5.49. The third-order valence-electron chi connectivity index (χ3n) is 3.21. The van der Waals surface area contributed by atoms with Crippen molar-refractivity contribution in [2.75, 3.05) is 23.3 Å². The monoisotopic (exact) mass is 235 g/mol. The lowest BCUT2D eigenvalue weighted by Crippen LogP contribution is -2.27. The van der Waals surface area contributed by atoms with Crippen molar-refractivity contribution < 1.29 is 0 Å². The van der Waals surface area contributed by atoms with Crippen molar-refractivity contribution in [3.63, 3.8) is 0 Å². The van der Waals surface area contributed by atoms with Gasteiger partial charge in [0.05, 0.1) is 0 Å². The summed E-state index contributed by atoms with van der Waals surface area (Å²) in [5.74, 6) is 1.86. The summed E-state index contributed by atoms with van der Waals surface area (Å²) < 4.78 is 0. The van der Waals surface area contributed by atoms with Crippen molar-refractivity contribution in [3.05, 3.63) is 12.4 Å². The van der Waals surface area contributed by atoms with Crippen molar-refractivity contribution in [1.29, 1.82) is 0 Å². The van der Waals surface area contributed by atoms with Gasteiger partial charge in [-0.25, -0.2) is 9.97 Å². The number of aromatic nitrogens is 2. The lowest BCUT2D eigenvalue weighted by atomic mass is 10.2. The van der Waals surface area contributed by atoms with Crippen LogP contribution >= 0.6 is 0 Å². The molecule has 2 atom stereocenters. The lowest BCUT2D eigenvalue weighted by Gasteiger charge is -2.18. The van der Waals surface area contributed by atoms with Crippen molar-refractivity contribution in [3.8, 4) is 0 Å². The van der Waals surface area contributed by atoms with Crippen LogP contribution < -0.4 is 16.0 Å². The Bertz CT molecular complexity index is 368. The average Bonchev–Trinajstić information content (AvgIpc) is 2.76. The fourth-order valence-electron chi connectivity index (χ4n) is 1.95. The zero-order chi connectivity index (χ0) is 12.3. The van der Waals surface area contributed by atoms with Crippen LogP contribution in [0.15, 0.2) is 12.4 Å². The zero-order valence-electron chi connectivity index (χ0n) is 10.6. The summed E-state index contributed by atoms with van der Waals surface area (Å²) in [6.45, 7) is 6.17. The van der Waals surface area contributed by atoms with Crippen molar-refractivity contribution in [2.24, 2.45) is 5.73 Å². The van der Waals surface area contributed by atoms with Gasteiger partial charge in [-0.3, -0.25) is 0 Å². The van der Waals surface area contributed by atoms with E-state index in [1.54, 1.807) is 6.33 Å². The molecule has 94 valence electrons. The summed E-state index contributed by atoms with van der Waals surface area (Å²) in [4.78, 5) is 10.8. The maximum absolute atomic E-state index is 5.90. The molecule has 2 unspecified atom stereocenters. The maximum Gasteiger partial charge on any atom is 0.134 e. The van der Waals surface area contributed by atoms with Crippen LogP contribution in [0.3, 0.4) is 0 Å². The molecule has 5 heteroatoms. The number of hydrogen-bond donors (Lipinski definition) is 2. The molecule has 1 fully saturated rings. The van der Waals surface area contributed by atoms with Crippen LogP contribution in [-0.2, 0) is 0 Å². The quantitative estimate of drug-likeness (QED) is 0.821. The first-order valence-corrected chi connectivity index (χ1v) is 6.28. The highest BCUT2D eigenvalue weighted by atomic mass is 15.2. The van der Waals surface area contributed by atoms with Crippen molar-refractivity contribution >= 4 is 11.6 Å². The predicted octanol–water partition coefficient (Wildman–Crippen LogP) is 1.22. The van der Waals surface area contributed by atoms with E-state index in [2.05, 4.69) is 34.0 Å². The minimum absolute atomic E-state index is 0.274. The molecule has 0 spiro atoms. The van der Waals surface area contributed by atoms with E-state index >= 15 is 0 Å². The Morgan fingerprint density at radius 2 is 2.41 bits per heavy atom. The molecule has 1 aromatic heterocycles. The minimum Gasteiger partial charge on any atom is -0.367 e. The molecular formula is C12H21N5. The van der Waals surface area contributed by atoms with Crippen LogP contribution in [0, 0.1) is 0 Å². The summed E-state index contributed by atoms with van der Waals surface area (Å²) in [7, 11) is 0. The van der Waals surface area contributed by atoms with Crippen LogP contribution in [0.5, 0.6) is 0 Å². The Balaban J connectivity index is 2.06. The van der Waals surface area contributed by atoms with Gasteiger partial charge in [-0.05, 0) is 19.8 Å². The zero-order valence-corrected chi connectivity index (χ0v) is 10.6. The molecule has 0 aromatic carbocycles. The Hall–Kier alpha value is -1.36. The summed E-state index contributed by atoms with van der Waals surface area (Å²) >= 11 is 0. The van der Waals surface area contributed by atoms with Gasteiger partial charge in [0, 0.05) is 31.2 Å². The summed E-state index contributed by atoms with van der Waals surface area (Å²) in [6.07, 6.45) is 3.73. The van der Waals surface area contributed by atoms with Crippen molar-refractivity contribution in [1.82, 2.24) is 9.97 Å². The molecule has 5 nitrogen and oxygen atoms in total. The van der Waals surface area contributed by atoms with Crippen molar-refractivity contribution in [2.45, 2.75) is 38.8 Å². The van der Waals surface area contributed by atoms with Crippen LogP contribution in [0.25, 0.3) is 0 Å². The number of rotatable bonds is 4. The number of nitrogens with zero attached hydrogens (tertiary/aromatic N) is 3. The fraction of sp³-hybridized carbons (Fsp3) is 0.667. The van der Waals surface area contributed by atoms with Crippen LogP contribution in [-0.4, -0.2) is 35.1 Å². The average molecular weight is 235 g/mol. The molecule has 1 aliphatic heterocycles. The van der Waals surface area contributed by atoms with Gasteiger partial charge >= 0.3 is 0 Å². The molecular weight excluding hydrogens is 214 g/mol. The van der Waals surface area contributed by atoms with Gasteiger partial charge in [-0.1, -0.05) is 6.92 Å². The summed E-state index contributed by atoms with van der Waals surface area (Å²) in [6, 6.07) is 2.71. The molecule has 0 bridgehead atoms. The van der Waals surface area contributed by atoms with Gasteiger partial charge in [0.15, 0.2) is 0 Å². The van der Waals surface area contributed by atoms with Gasteiger partial charge in [0.2, 0.25) is 0 Å². The van der Waals surface area contributed by atoms with Crippen LogP contribution in [0.1, 0.15) is 26.7 Å². The van der Waals surface area contributed by atoms with E-state index in [-0.39, 0.29) is 6.04 Å². The van der Waals surface area contributed by atoms with E-state index in [1.165, 1.54) is 0 Å². The molecule has 0 radical (unpaired) electrons. The molecule has 17 heavy (non-hydrogen) atoms. The normalized spacial score (nSPS) is 21.6. The largest absolute Gasteiger partial charge is 0.367 e. The highest BCUT2D eigenvalue weighted by Crippen LogP contribution is 2.19. The first kappa shape index (κ1) is 12.1. The minimum atomic E-state index is 0.274. The van der Waals surface area contributed by atoms with E-state index in [4.69, 9.17) is 5.73 Å². The molecule has 1 aromatic rings. The Morgan fingerprint density at radius 1 is 1.59 bits per heavy atom. The molecule has 0 amide bonds. The molecule has 0 saturated carbocycles. The Morgan fingerprint density at radius 3 is 3.06 bits per heavy atom. The highest BCUT2D eigenvalue weighted by Gasteiger charge is 2.20. The molecule has 2 rings (SSSR count). The smallest absolute Gasteiger partial charge is 0.134 e. The van der Waals surface area contributed by atoms with Gasteiger partial charge in [-0.2, -0.15) is 0 Å². The SMILES string of the molecule is CCC(C)Nc1cc(N2CCC(N)C2)ncn1. The fourth-order valence-corrected chi connectivity index (χ4v) is 1.95. The van der Waals surface area contributed by atoms with Crippen LogP contribution in [0.4, 0.5) is 11.6 Å². The number of nitrogens with two attached hydrogens (primary N) is 1. The first-order chi connectivity index (χ1) is 8.19. The van der Waals surface area contributed by atoms with E-state index in [1.807, 2.05) is 6.07 Å². The molecule has 1 saturated heterocycles. The lowest BCUT2D eigenvalue weighted by molar-refractivity contribution is 0.750. The number of hydrogen-bond acceptors (Lipinski definition) is 5. The second-order valence-electron chi connectivity index (χ2n) is 4.71. The number of nitrogens with one attached hydrogen (secondary N) is 1. The van der Waals surface area contributed by atoms with Gasteiger partial charge < -0.3 is 16.0 Å². The maximum atomic E-state index is 5.90. The molecule has 1 aliphatic rings. The van der Waals surface area contributed by atoms with Gasteiger partial charge in [-0.15, -0.1) is 0 Å². The molecule has 0 aliphatic carbocycles.